The van der Waals surface area contributed by atoms with Crippen molar-refractivity contribution in [2.45, 2.75) is 19.8 Å². The SMILES string of the molecule is CCCc1cc(NC)nc(-c2ccc(Cl)cc2Br)n1. The minimum absolute atomic E-state index is 0.689. The maximum atomic E-state index is 5.96. The summed E-state index contributed by atoms with van der Waals surface area (Å²) in [5, 5.41) is 3.76. The Labute approximate surface area is 126 Å². The summed E-state index contributed by atoms with van der Waals surface area (Å²) in [6, 6.07) is 7.61. The quantitative estimate of drug-likeness (QED) is 0.887. The fraction of sp³-hybridized carbons (Fsp3) is 0.286. The second-order valence-electron chi connectivity index (χ2n) is 4.19. The van der Waals surface area contributed by atoms with E-state index in [1.165, 1.54) is 0 Å². The molecule has 3 nitrogen and oxygen atoms in total. The lowest BCUT2D eigenvalue weighted by Gasteiger charge is -2.09. The van der Waals surface area contributed by atoms with E-state index >= 15 is 0 Å². The first-order chi connectivity index (χ1) is 9.13. The Balaban J connectivity index is 2.51. The van der Waals surface area contributed by atoms with E-state index in [0.717, 1.165) is 34.4 Å². The molecule has 0 aliphatic heterocycles. The summed E-state index contributed by atoms with van der Waals surface area (Å²) in [5.41, 5.74) is 1.98. The van der Waals surface area contributed by atoms with Crippen LogP contribution in [0, 0.1) is 0 Å². The predicted octanol–water partition coefficient (Wildman–Crippen LogP) is 4.55. The molecule has 2 rings (SSSR count). The highest BCUT2D eigenvalue weighted by Gasteiger charge is 2.09. The normalized spacial score (nSPS) is 10.5. The van der Waals surface area contributed by atoms with E-state index in [-0.39, 0.29) is 0 Å². The Morgan fingerprint density at radius 3 is 2.68 bits per heavy atom. The molecule has 2 aromatic rings. The number of rotatable bonds is 4. The summed E-state index contributed by atoms with van der Waals surface area (Å²) < 4.78 is 0.899. The fourth-order valence-electron chi connectivity index (χ4n) is 1.80. The Morgan fingerprint density at radius 2 is 2.05 bits per heavy atom. The highest BCUT2D eigenvalue weighted by atomic mass is 79.9. The first-order valence-electron chi connectivity index (χ1n) is 6.15. The Morgan fingerprint density at radius 1 is 1.26 bits per heavy atom. The van der Waals surface area contributed by atoms with Crippen LogP contribution in [0.2, 0.25) is 5.02 Å². The molecule has 0 bridgehead atoms. The number of nitrogens with one attached hydrogen (secondary N) is 1. The van der Waals surface area contributed by atoms with Crippen molar-refractivity contribution in [1.29, 1.82) is 0 Å². The van der Waals surface area contributed by atoms with Crippen molar-refractivity contribution in [3.05, 3.63) is 39.5 Å². The molecule has 5 heteroatoms. The van der Waals surface area contributed by atoms with Crippen LogP contribution in [-0.2, 0) is 6.42 Å². The first kappa shape index (κ1) is 14.3. The second-order valence-corrected chi connectivity index (χ2v) is 5.48. The van der Waals surface area contributed by atoms with Gasteiger partial charge in [0.15, 0.2) is 5.82 Å². The molecule has 0 aliphatic rings. The zero-order valence-electron chi connectivity index (χ0n) is 10.9. The van der Waals surface area contributed by atoms with Gasteiger partial charge in [-0.3, -0.25) is 0 Å². The zero-order chi connectivity index (χ0) is 13.8. The summed E-state index contributed by atoms with van der Waals surface area (Å²) in [7, 11) is 1.86. The number of aromatic nitrogens is 2. The predicted molar refractivity (Wildman–Crippen MR) is 83.7 cm³/mol. The highest BCUT2D eigenvalue weighted by Crippen LogP contribution is 2.29. The Hall–Kier alpha value is -1.13. The number of anilines is 1. The lowest BCUT2D eigenvalue weighted by Crippen LogP contribution is -2.01. The fourth-order valence-corrected chi connectivity index (χ4v) is 2.66. The van der Waals surface area contributed by atoms with Crippen molar-refractivity contribution in [2.24, 2.45) is 0 Å². The first-order valence-corrected chi connectivity index (χ1v) is 7.32. The van der Waals surface area contributed by atoms with Crippen molar-refractivity contribution in [3.8, 4) is 11.4 Å². The van der Waals surface area contributed by atoms with E-state index in [1.54, 1.807) is 0 Å². The molecule has 1 aromatic heterocycles. The largest absolute Gasteiger partial charge is 0.373 e. The van der Waals surface area contributed by atoms with E-state index in [4.69, 9.17) is 11.6 Å². The van der Waals surface area contributed by atoms with Gasteiger partial charge in [0.05, 0.1) is 0 Å². The Kier molecular flexibility index (Phi) is 4.77. The van der Waals surface area contributed by atoms with Crippen LogP contribution in [-0.4, -0.2) is 17.0 Å². The number of nitrogens with zero attached hydrogens (tertiary/aromatic N) is 2. The monoisotopic (exact) mass is 339 g/mol. The van der Waals surface area contributed by atoms with Gasteiger partial charge in [-0.15, -0.1) is 0 Å². The molecule has 1 N–H and O–H groups in total. The minimum atomic E-state index is 0.689. The van der Waals surface area contributed by atoms with E-state index < -0.39 is 0 Å². The molecule has 0 unspecified atom stereocenters. The average Bonchev–Trinajstić information content (AvgIpc) is 2.38. The number of hydrogen-bond acceptors (Lipinski definition) is 3. The third-order valence-electron chi connectivity index (χ3n) is 2.71. The number of aryl methyl sites for hydroxylation is 1. The van der Waals surface area contributed by atoms with E-state index in [0.29, 0.717) is 10.8 Å². The molecule has 0 fully saturated rings. The molecule has 100 valence electrons. The van der Waals surface area contributed by atoms with Crippen molar-refractivity contribution < 1.29 is 0 Å². The maximum Gasteiger partial charge on any atom is 0.162 e. The molecule has 1 aromatic carbocycles. The molecule has 0 amide bonds. The molecule has 0 spiro atoms. The summed E-state index contributed by atoms with van der Waals surface area (Å²) in [6.07, 6.45) is 2.00. The summed E-state index contributed by atoms with van der Waals surface area (Å²) in [4.78, 5) is 9.11. The smallest absolute Gasteiger partial charge is 0.162 e. The van der Waals surface area contributed by atoms with Crippen molar-refractivity contribution >= 4 is 33.3 Å². The molecule has 0 saturated carbocycles. The lowest BCUT2D eigenvalue weighted by atomic mass is 10.2. The molecule has 19 heavy (non-hydrogen) atoms. The molecule has 0 atom stereocenters. The Bertz CT molecular complexity index is 587. The molecule has 0 radical (unpaired) electrons. The number of benzene rings is 1. The van der Waals surface area contributed by atoms with Crippen LogP contribution >= 0.6 is 27.5 Å². The van der Waals surface area contributed by atoms with E-state index in [9.17, 15) is 0 Å². The third-order valence-corrected chi connectivity index (χ3v) is 3.60. The van der Waals surface area contributed by atoms with Crippen LogP contribution in [0.25, 0.3) is 11.4 Å². The summed E-state index contributed by atoms with van der Waals surface area (Å²) in [6.45, 7) is 2.14. The van der Waals surface area contributed by atoms with Gasteiger partial charge in [-0.1, -0.05) is 24.9 Å². The van der Waals surface area contributed by atoms with E-state index in [2.05, 4.69) is 38.1 Å². The number of hydrogen-bond donors (Lipinski definition) is 1. The number of halogens is 2. The van der Waals surface area contributed by atoms with Crippen LogP contribution in [0.5, 0.6) is 0 Å². The molecule has 0 aliphatic carbocycles. The van der Waals surface area contributed by atoms with Gasteiger partial charge in [0.1, 0.15) is 5.82 Å². The molecular formula is C14H15BrClN3. The van der Waals surface area contributed by atoms with Gasteiger partial charge in [-0.2, -0.15) is 0 Å². The van der Waals surface area contributed by atoms with Crippen molar-refractivity contribution in [2.75, 3.05) is 12.4 Å². The zero-order valence-corrected chi connectivity index (χ0v) is 13.2. The average molecular weight is 341 g/mol. The topological polar surface area (TPSA) is 37.8 Å². The highest BCUT2D eigenvalue weighted by molar-refractivity contribution is 9.10. The van der Waals surface area contributed by atoms with Gasteiger partial charge in [0.25, 0.3) is 0 Å². The van der Waals surface area contributed by atoms with Crippen LogP contribution in [0.1, 0.15) is 19.0 Å². The summed E-state index contributed by atoms with van der Waals surface area (Å²) >= 11 is 9.47. The van der Waals surface area contributed by atoms with Gasteiger partial charge in [-0.05, 0) is 40.5 Å². The van der Waals surface area contributed by atoms with Crippen molar-refractivity contribution in [1.82, 2.24) is 9.97 Å². The van der Waals surface area contributed by atoms with E-state index in [1.807, 2.05) is 31.3 Å². The lowest BCUT2D eigenvalue weighted by molar-refractivity contribution is 0.876. The van der Waals surface area contributed by atoms with Crippen LogP contribution in [0.3, 0.4) is 0 Å². The maximum absolute atomic E-state index is 5.96. The molecular weight excluding hydrogens is 326 g/mol. The third kappa shape index (κ3) is 3.45. The van der Waals surface area contributed by atoms with Crippen LogP contribution < -0.4 is 5.32 Å². The van der Waals surface area contributed by atoms with Gasteiger partial charge < -0.3 is 5.32 Å². The van der Waals surface area contributed by atoms with Gasteiger partial charge >= 0.3 is 0 Å². The molecule has 0 saturated heterocycles. The van der Waals surface area contributed by atoms with Crippen molar-refractivity contribution in [3.63, 3.8) is 0 Å². The van der Waals surface area contributed by atoms with Crippen LogP contribution in [0.4, 0.5) is 5.82 Å². The minimum Gasteiger partial charge on any atom is -0.373 e. The van der Waals surface area contributed by atoms with Gasteiger partial charge in [0, 0.05) is 33.9 Å². The standard InChI is InChI=1S/C14H15BrClN3/c1-3-4-10-8-13(17-2)19-14(18-10)11-6-5-9(16)7-12(11)15/h5-8H,3-4H2,1-2H3,(H,17,18,19). The molecule has 1 heterocycles. The second kappa shape index (κ2) is 6.35. The van der Waals surface area contributed by atoms with Gasteiger partial charge in [0.2, 0.25) is 0 Å². The van der Waals surface area contributed by atoms with Crippen LogP contribution in [0.15, 0.2) is 28.7 Å². The van der Waals surface area contributed by atoms with Gasteiger partial charge in [-0.25, -0.2) is 9.97 Å². The summed E-state index contributed by atoms with van der Waals surface area (Å²) in [5.74, 6) is 1.54.